The number of anilines is 1. The number of hydrogen-bond acceptors (Lipinski definition) is 4. The number of aryl methyl sites for hydroxylation is 4. The van der Waals surface area contributed by atoms with Gasteiger partial charge in [0.1, 0.15) is 0 Å². The number of nitrogens with zero attached hydrogens (tertiary/aromatic N) is 3. The Morgan fingerprint density at radius 1 is 1.06 bits per heavy atom. The quantitative estimate of drug-likeness (QED) is 0.403. The number of pyridine rings is 1. The standard InChI is InChI=1S/C27H30N4O2/c1-6-33-27-22(13-15-24(32)28-23-14-12-17(2)16-18(23)3)19(4)25-20(5)30-31(26(25)29-27)21-10-8-7-9-11-21/h7-12,14,16H,6,13,15H2,1-5H3,(H,28,32). The maximum Gasteiger partial charge on any atom is 0.224 e. The van der Waals surface area contributed by atoms with E-state index in [1.54, 1.807) is 0 Å². The zero-order valence-corrected chi connectivity index (χ0v) is 19.9. The molecule has 0 aliphatic heterocycles. The second-order valence-electron chi connectivity index (χ2n) is 8.35. The van der Waals surface area contributed by atoms with E-state index < -0.39 is 0 Å². The molecule has 0 aliphatic rings. The number of ether oxygens (including phenoxy) is 1. The molecular weight excluding hydrogens is 412 g/mol. The third-order valence-electron chi connectivity index (χ3n) is 5.87. The number of nitrogens with one attached hydrogen (secondary N) is 1. The van der Waals surface area contributed by atoms with Crippen LogP contribution in [0.5, 0.6) is 5.88 Å². The van der Waals surface area contributed by atoms with Gasteiger partial charge < -0.3 is 10.1 Å². The summed E-state index contributed by atoms with van der Waals surface area (Å²) >= 11 is 0. The number of aromatic nitrogens is 3. The lowest BCUT2D eigenvalue weighted by molar-refractivity contribution is -0.116. The Morgan fingerprint density at radius 3 is 2.52 bits per heavy atom. The van der Waals surface area contributed by atoms with Crippen LogP contribution < -0.4 is 10.1 Å². The summed E-state index contributed by atoms with van der Waals surface area (Å²) in [7, 11) is 0. The minimum absolute atomic E-state index is 0.0272. The molecular formula is C27H30N4O2. The van der Waals surface area contributed by atoms with Crippen LogP contribution in [-0.4, -0.2) is 27.3 Å². The van der Waals surface area contributed by atoms with E-state index in [1.807, 2.05) is 74.8 Å². The summed E-state index contributed by atoms with van der Waals surface area (Å²) in [5.41, 5.74) is 7.71. The molecule has 0 bridgehead atoms. The molecule has 0 spiro atoms. The van der Waals surface area contributed by atoms with Crippen LogP contribution in [0.2, 0.25) is 0 Å². The zero-order valence-electron chi connectivity index (χ0n) is 19.9. The number of fused-ring (bicyclic) bond motifs is 1. The Bertz CT molecular complexity index is 1310. The number of benzene rings is 2. The predicted molar refractivity (Wildman–Crippen MR) is 132 cm³/mol. The first-order chi connectivity index (χ1) is 15.9. The van der Waals surface area contributed by atoms with Gasteiger partial charge in [0.05, 0.1) is 18.0 Å². The second-order valence-corrected chi connectivity index (χ2v) is 8.35. The van der Waals surface area contributed by atoms with Crippen LogP contribution in [0.3, 0.4) is 0 Å². The number of carbonyl (C=O) groups excluding carboxylic acids is 1. The maximum absolute atomic E-state index is 12.7. The summed E-state index contributed by atoms with van der Waals surface area (Å²) in [6.07, 6.45) is 0.879. The van der Waals surface area contributed by atoms with Crippen molar-refractivity contribution in [1.29, 1.82) is 0 Å². The molecule has 6 heteroatoms. The molecule has 2 aromatic heterocycles. The van der Waals surface area contributed by atoms with E-state index in [1.165, 1.54) is 5.56 Å². The Balaban J connectivity index is 1.65. The van der Waals surface area contributed by atoms with Gasteiger partial charge in [-0.15, -0.1) is 0 Å². The number of amides is 1. The van der Waals surface area contributed by atoms with Crippen LogP contribution in [0.25, 0.3) is 16.7 Å². The maximum atomic E-state index is 12.7. The summed E-state index contributed by atoms with van der Waals surface area (Å²) in [5, 5.41) is 8.79. The lowest BCUT2D eigenvalue weighted by Gasteiger charge is -2.14. The minimum atomic E-state index is -0.0272. The molecule has 1 N–H and O–H groups in total. The van der Waals surface area contributed by atoms with Crippen molar-refractivity contribution in [1.82, 2.24) is 14.8 Å². The lowest BCUT2D eigenvalue weighted by Crippen LogP contribution is -2.14. The van der Waals surface area contributed by atoms with E-state index in [0.717, 1.165) is 44.8 Å². The van der Waals surface area contributed by atoms with Gasteiger partial charge in [0, 0.05) is 23.1 Å². The number of para-hydroxylation sites is 1. The van der Waals surface area contributed by atoms with E-state index in [-0.39, 0.29) is 5.91 Å². The van der Waals surface area contributed by atoms with Crippen molar-refractivity contribution in [3.8, 4) is 11.6 Å². The molecule has 2 aromatic carbocycles. The molecule has 170 valence electrons. The van der Waals surface area contributed by atoms with Crippen LogP contribution in [0.15, 0.2) is 48.5 Å². The Morgan fingerprint density at radius 2 is 1.82 bits per heavy atom. The first-order valence-corrected chi connectivity index (χ1v) is 11.3. The van der Waals surface area contributed by atoms with Crippen molar-refractivity contribution in [3.63, 3.8) is 0 Å². The third kappa shape index (κ3) is 4.60. The highest BCUT2D eigenvalue weighted by Gasteiger charge is 2.20. The average molecular weight is 443 g/mol. The largest absolute Gasteiger partial charge is 0.478 e. The SMILES string of the molecule is CCOc1nc2c(c(C)nn2-c2ccccc2)c(C)c1CCC(=O)Nc1ccc(C)cc1C. The number of carbonyl (C=O) groups is 1. The van der Waals surface area contributed by atoms with Crippen molar-refractivity contribution in [2.24, 2.45) is 0 Å². The van der Waals surface area contributed by atoms with Gasteiger partial charge >= 0.3 is 0 Å². The van der Waals surface area contributed by atoms with Gasteiger partial charge in [-0.3, -0.25) is 4.79 Å². The Hall–Kier alpha value is -3.67. The predicted octanol–water partition coefficient (Wildman–Crippen LogP) is 5.62. The summed E-state index contributed by atoms with van der Waals surface area (Å²) in [6.45, 7) is 10.5. The topological polar surface area (TPSA) is 69.0 Å². The number of hydrogen-bond donors (Lipinski definition) is 1. The summed E-state index contributed by atoms with van der Waals surface area (Å²) in [6, 6.07) is 16.0. The monoisotopic (exact) mass is 442 g/mol. The lowest BCUT2D eigenvalue weighted by atomic mass is 10.0. The molecule has 0 radical (unpaired) electrons. The van der Waals surface area contributed by atoms with Crippen LogP contribution in [0, 0.1) is 27.7 Å². The molecule has 0 aliphatic carbocycles. The van der Waals surface area contributed by atoms with E-state index in [9.17, 15) is 4.79 Å². The van der Waals surface area contributed by atoms with Gasteiger partial charge in [-0.2, -0.15) is 10.1 Å². The molecule has 0 saturated heterocycles. The van der Waals surface area contributed by atoms with Gasteiger partial charge in [-0.25, -0.2) is 4.68 Å². The van der Waals surface area contributed by atoms with Crippen LogP contribution >= 0.6 is 0 Å². The molecule has 1 amide bonds. The fraction of sp³-hybridized carbons (Fsp3) is 0.296. The highest BCUT2D eigenvalue weighted by atomic mass is 16.5. The van der Waals surface area contributed by atoms with Crippen molar-refractivity contribution >= 4 is 22.6 Å². The van der Waals surface area contributed by atoms with Crippen LogP contribution in [0.1, 0.15) is 41.3 Å². The van der Waals surface area contributed by atoms with Gasteiger partial charge in [-0.05, 0) is 70.4 Å². The van der Waals surface area contributed by atoms with Gasteiger partial charge in [0.25, 0.3) is 0 Å². The highest BCUT2D eigenvalue weighted by Crippen LogP contribution is 2.32. The van der Waals surface area contributed by atoms with E-state index in [4.69, 9.17) is 14.8 Å². The molecule has 4 rings (SSSR count). The molecule has 0 unspecified atom stereocenters. The minimum Gasteiger partial charge on any atom is -0.478 e. The van der Waals surface area contributed by atoms with E-state index in [0.29, 0.717) is 25.3 Å². The van der Waals surface area contributed by atoms with E-state index >= 15 is 0 Å². The molecule has 0 saturated carbocycles. The average Bonchev–Trinajstić information content (AvgIpc) is 3.12. The smallest absolute Gasteiger partial charge is 0.224 e. The van der Waals surface area contributed by atoms with Crippen molar-refractivity contribution in [2.75, 3.05) is 11.9 Å². The fourth-order valence-corrected chi connectivity index (χ4v) is 4.24. The molecule has 4 aromatic rings. The van der Waals surface area contributed by atoms with E-state index in [2.05, 4.69) is 18.3 Å². The summed E-state index contributed by atoms with van der Waals surface area (Å²) in [4.78, 5) is 17.6. The van der Waals surface area contributed by atoms with Gasteiger partial charge in [-0.1, -0.05) is 35.9 Å². The zero-order chi connectivity index (χ0) is 23.5. The second kappa shape index (κ2) is 9.45. The van der Waals surface area contributed by atoms with Gasteiger partial charge in [0.2, 0.25) is 11.8 Å². The molecule has 33 heavy (non-hydrogen) atoms. The van der Waals surface area contributed by atoms with Crippen molar-refractivity contribution < 1.29 is 9.53 Å². The Kier molecular flexibility index (Phi) is 6.45. The first-order valence-electron chi connectivity index (χ1n) is 11.3. The molecule has 0 atom stereocenters. The summed E-state index contributed by atoms with van der Waals surface area (Å²) < 4.78 is 7.78. The molecule has 0 fully saturated rings. The highest BCUT2D eigenvalue weighted by molar-refractivity contribution is 5.92. The molecule has 2 heterocycles. The van der Waals surface area contributed by atoms with Crippen LogP contribution in [-0.2, 0) is 11.2 Å². The molecule has 6 nitrogen and oxygen atoms in total. The summed E-state index contributed by atoms with van der Waals surface area (Å²) in [5.74, 6) is 0.541. The van der Waals surface area contributed by atoms with Gasteiger partial charge in [0.15, 0.2) is 5.65 Å². The first kappa shape index (κ1) is 22.5. The fourth-order valence-electron chi connectivity index (χ4n) is 4.24. The van der Waals surface area contributed by atoms with Crippen LogP contribution in [0.4, 0.5) is 5.69 Å². The normalized spacial score (nSPS) is 11.1. The Labute approximate surface area is 194 Å². The third-order valence-corrected chi connectivity index (χ3v) is 5.87. The van der Waals surface area contributed by atoms with Crippen molar-refractivity contribution in [2.45, 2.75) is 47.5 Å². The number of rotatable bonds is 7. The van der Waals surface area contributed by atoms with Crippen molar-refractivity contribution in [3.05, 3.63) is 76.5 Å².